The van der Waals surface area contributed by atoms with E-state index in [2.05, 4.69) is 5.16 Å². The molecule has 1 saturated heterocycles. The zero-order chi connectivity index (χ0) is 13.8. The summed E-state index contributed by atoms with van der Waals surface area (Å²) in [6, 6.07) is 0.125. The third-order valence-electron chi connectivity index (χ3n) is 2.87. The number of nitrogens with two attached hydrogens (primary N) is 1. The van der Waals surface area contributed by atoms with Crippen LogP contribution in [0.2, 0.25) is 0 Å². The minimum atomic E-state index is -0.476. The Morgan fingerprint density at radius 2 is 2.22 bits per heavy atom. The highest BCUT2D eigenvalue weighted by Crippen LogP contribution is 2.23. The zero-order valence-corrected chi connectivity index (χ0v) is 11.3. The minimum Gasteiger partial charge on any atom is -0.444 e. The van der Waals surface area contributed by atoms with Gasteiger partial charge in [-0.2, -0.15) is 0 Å². The van der Waals surface area contributed by atoms with Gasteiger partial charge in [0, 0.05) is 19.0 Å². The summed E-state index contributed by atoms with van der Waals surface area (Å²) in [7, 11) is 0. The molecule has 104 valence electrons. The Morgan fingerprint density at radius 3 is 2.78 bits per heavy atom. The first-order chi connectivity index (χ1) is 8.33. The van der Waals surface area contributed by atoms with Crippen LogP contribution in [-0.4, -0.2) is 40.2 Å². The van der Waals surface area contributed by atoms with Crippen LogP contribution in [0.15, 0.2) is 5.16 Å². The lowest BCUT2D eigenvalue weighted by atomic mass is 10.1. The molecular weight excluding hydrogens is 234 g/mol. The van der Waals surface area contributed by atoms with Crippen molar-refractivity contribution in [2.45, 2.75) is 58.1 Å². The summed E-state index contributed by atoms with van der Waals surface area (Å²) in [6.45, 7) is 6.28. The van der Waals surface area contributed by atoms with Crippen LogP contribution in [-0.2, 0) is 4.74 Å². The normalized spacial score (nSPS) is 21.2. The molecule has 0 aromatic rings. The fraction of sp³-hybridized carbons (Fsp3) is 0.833. The molecule has 0 bridgehead atoms. The van der Waals surface area contributed by atoms with E-state index in [-0.39, 0.29) is 18.0 Å². The van der Waals surface area contributed by atoms with Gasteiger partial charge in [0.2, 0.25) is 0 Å². The number of amides is 1. The summed E-state index contributed by atoms with van der Waals surface area (Å²) in [5.74, 6) is 0.200. The van der Waals surface area contributed by atoms with E-state index in [1.165, 1.54) is 0 Å². The van der Waals surface area contributed by atoms with Crippen molar-refractivity contribution in [1.82, 2.24) is 4.90 Å². The second-order valence-corrected chi connectivity index (χ2v) is 5.60. The molecule has 1 atom stereocenters. The van der Waals surface area contributed by atoms with Crippen molar-refractivity contribution < 1.29 is 14.7 Å². The molecule has 6 nitrogen and oxygen atoms in total. The van der Waals surface area contributed by atoms with Crippen LogP contribution in [0.25, 0.3) is 0 Å². The van der Waals surface area contributed by atoms with Gasteiger partial charge in [-0.1, -0.05) is 5.16 Å². The van der Waals surface area contributed by atoms with Gasteiger partial charge in [0.25, 0.3) is 0 Å². The molecule has 1 aliphatic heterocycles. The van der Waals surface area contributed by atoms with Gasteiger partial charge in [0.15, 0.2) is 0 Å². The maximum absolute atomic E-state index is 12.0. The molecule has 1 amide bonds. The molecule has 0 spiro atoms. The molecule has 0 aliphatic carbocycles. The average Bonchev–Trinajstić information content (AvgIpc) is 2.71. The van der Waals surface area contributed by atoms with E-state index in [4.69, 9.17) is 15.7 Å². The van der Waals surface area contributed by atoms with Crippen molar-refractivity contribution in [1.29, 1.82) is 0 Å². The maximum Gasteiger partial charge on any atom is 0.410 e. The molecule has 3 N–H and O–H groups in total. The zero-order valence-electron chi connectivity index (χ0n) is 11.3. The van der Waals surface area contributed by atoms with Gasteiger partial charge in [-0.3, -0.25) is 0 Å². The van der Waals surface area contributed by atoms with Crippen LogP contribution in [0.1, 0.15) is 46.5 Å². The summed E-state index contributed by atoms with van der Waals surface area (Å²) in [6.07, 6.45) is 2.83. The third kappa shape index (κ3) is 4.43. The molecule has 0 aromatic heterocycles. The van der Waals surface area contributed by atoms with Crippen LogP contribution < -0.4 is 5.73 Å². The summed E-state index contributed by atoms with van der Waals surface area (Å²) in [5, 5.41) is 11.4. The first-order valence-electron chi connectivity index (χ1n) is 6.29. The Balaban J connectivity index is 2.51. The van der Waals surface area contributed by atoms with E-state index < -0.39 is 5.60 Å². The molecule has 1 heterocycles. The number of hydrogen-bond donors (Lipinski definition) is 2. The summed E-state index contributed by atoms with van der Waals surface area (Å²) in [4.78, 5) is 13.7. The van der Waals surface area contributed by atoms with E-state index in [0.29, 0.717) is 12.8 Å². The van der Waals surface area contributed by atoms with Crippen molar-refractivity contribution in [2.75, 3.05) is 6.54 Å². The summed E-state index contributed by atoms with van der Waals surface area (Å²) in [5.41, 5.74) is 4.96. The number of amidine groups is 1. The Morgan fingerprint density at radius 1 is 1.56 bits per heavy atom. The van der Waals surface area contributed by atoms with Crippen molar-refractivity contribution in [3.8, 4) is 0 Å². The first kappa shape index (κ1) is 14.6. The number of carbonyl (C=O) groups excluding carboxylic acids is 1. The number of likely N-dealkylation sites (tertiary alicyclic amines) is 1. The smallest absolute Gasteiger partial charge is 0.410 e. The van der Waals surface area contributed by atoms with Gasteiger partial charge in [-0.15, -0.1) is 0 Å². The summed E-state index contributed by atoms with van der Waals surface area (Å²) >= 11 is 0. The topological polar surface area (TPSA) is 88.2 Å². The van der Waals surface area contributed by atoms with E-state index in [1.807, 2.05) is 20.8 Å². The Bertz CT molecular complexity index is 323. The summed E-state index contributed by atoms with van der Waals surface area (Å²) < 4.78 is 5.36. The average molecular weight is 257 g/mol. The van der Waals surface area contributed by atoms with Gasteiger partial charge in [0.05, 0.1) is 0 Å². The van der Waals surface area contributed by atoms with Crippen molar-refractivity contribution in [2.24, 2.45) is 10.9 Å². The molecule has 0 saturated carbocycles. The largest absolute Gasteiger partial charge is 0.444 e. The molecule has 1 unspecified atom stereocenters. The number of hydrogen-bond acceptors (Lipinski definition) is 4. The predicted octanol–water partition coefficient (Wildman–Crippen LogP) is 1.91. The Kier molecular flexibility index (Phi) is 4.81. The number of carbonyl (C=O) groups is 1. The predicted molar refractivity (Wildman–Crippen MR) is 68.6 cm³/mol. The number of ether oxygens (including phenoxy) is 1. The minimum absolute atomic E-state index is 0.125. The molecule has 1 rings (SSSR count). The highest BCUT2D eigenvalue weighted by atomic mass is 16.6. The third-order valence-corrected chi connectivity index (χ3v) is 2.87. The SMILES string of the molecule is CC(C)(C)OC(=O)N1CCCC1CC/C(N)=N\O. The molecule has 6 heteroatoms. The molecule has 0 radical (unpaired) electrons. The number of nitrogens with zero attached hydrogens (tertiary/aromatic N) is 2. The number of rotatable bonds is 3. The van der Waals surface area contributed by atoms with Crippen molar-refractivity contribution in [3.05, 3.63) is 0 Å². The highest BCUT2D eigenvalue weighted by Gasteiger charge is 2.31. The molecule has 1 aliphatic rings. The monoisotopic (exact) mass is 257 g/mol. The highest BCUT2D eigenvalue weighted by molar-refractivity contribution is 5.79. The second-order valence-electron chi connectivity index (χ2n) is 5.60. The fourth-order valence-corrected chi connectivity index (χ4v) is 2.06. The van der Waals surface area contributed by atoms with Crippen LogP contribution in [0.4, 0.5) is 4.79 Å². The lowest BCUT2D eigenvalue weighted by molar-refractivity contribution is 0.0221. The fourth-order valence-electron chi connectivity index (χ4n) is 2.06. The second kappa shape index (κ2) is 5.93. The van der Waals surface area contributed by atoms with E-state index >= 15 is 0 Å². The molecule has 1 fully saturated rings. The standard InChI is InChI=1S/C12H23N3O3/c1-12(2,3)18-11(16)15-8-4-5-9(15)6-7-10(13)14-17/h9,17H,4-8H2,1-3H3,(H2,13,14). The van der Waals surface area contributed by atoms with Gasteiger partial charge < -0.3 is 20.6 Å². The van der Waals surface area contributed by atoms with Crippen LogP contribution in [0, 0.1) is 0 Å². The lowest BCUT2D eigenvalue weighted by Crippen LogP contribution is -2.40. The van der Waals surface area contributed by atoms with Gasteiger partial charge in [0.1, 0.15) is 11.4 Å². The maximum atomic E-state index is 12.0. The Labute approximate surface area is 108 Å². The van der Waals surface area contributed by atoms with Crippen molar-refractivity contribution >= 4 is 11.9 Å². The quantitative estimate of drug-likeness (QED) is 0.350. The number of oxime groups is 1. The molecule has 18 heavy (non-hydrogen) atoms. The Hall–Kier alpha value is -1.46. The molecule has 0 aromatic carbocycles. The lowest BCUT2D eigenvalue weighted by Gasteiger charge is -2.28. The van der Waals surface area contributed by atoms with E-state index in [0.717, 1.165) is 19.4 Å². The van der Waals surface area contributed by atoms with Crippen LogP contribution >= 0.6 is 0 Å². The van der Waals surface area contributed by atoms with Crippen LogP contribution in [0.3, 0.4) is 0 Å². The van der Waals surface area contributed by atoms with E-state index in [9.17, 15) is 4.79 Å². The van der Waals surface area contributed by atoms with Crippen LogP contribution in [0.5, 0.6) is 0 Å². The van der Waals surface area contributed by atoms with Gasteiger partial charge >= 0.3 is 6.09 Å². The first-order valence-corrected chi connectivity index (χ1v) is 6.29. The molecular formula is C12H23N3O3. The van der Waals surface area contributed by atoms with Gasteiger partial charge in [-0.05, 0) is 40.0 Å². The van der Waals surface area contributed by atoms with Crippen molar-refractivity contribution in [3.63, 3.8) is 0 Å². The van der Waals surface area contributed by atoms with E-state index in [1.54, 1.807) is 4.90 Å². The van der Waals surface area contributed by atoms with Gasteiger partial charge in [-0.25, -0.2) is 4.79 Å².